The summed E-state index contributed by atoms with van der Waals surface area (Å²) in [6.07, 6.45) is 3.83. The highest BCUT2D eigenvalue weighted by Gasteiger charge is 2.31. The number of methoxy groups -OCH3 is 1. The molecule has 0 bridgehead atoms. The summed E-state index contributed by atoms with van der Waals surface area (Å²) in [6.45, 7) is 3.29. The second kappa shape index (κ2) is 7.03. The van der Waals surface area contributed by atoms with Gasteiger partial charge in [0, 0.05) is 26.7 Å². The number of hydrogen-bond donors (Lipinski definition) is 0. The molecule has 1 fully saturated rings. The van der Waals surface area contributed by atoms with Crippen molar-refractivity contribution in [2.45, 2.75) is 25.9 Å². The minimum absolute atomic E-state index is 0.0128. The van der Waals surface area contributed by atoms with Crippen molar-refractivity contribution in [1.82, 2.24) is 4.90 Å². The number of ether oxygens (including phenoxy) is 2. The number of nitrogens with zero attached hydrogens (tertiary/aromatic N) is 1. The highest BCUT2D eigenvalue weighted by molar-refractivity contribution is 8.26. The molecule has 0 aliphatic carbocycles. The minimum atomic E-state index is -0.0128. The number of rotatable bonds is 5. The highest BCUT2D eigenvalue weighted by atomic mass is 32.2. The Bertz CT molecular complexity index is 672. The molecule has 0 radical (unpaired) electrons. The number of carbonyl (C=O) groups is 1. The van der Waals surface area contributed by atoms with Gasteiger partial charge >= 0.3 is 0 Å². The Morgan fingerprint density at radius 2 is 2.35 bits per heavy atom. The van der Waals surface area contributed by atoms with E-state index in [0.29, 0.717) is 22.4 Å². The maximum atomic E-state index is 12.5. The van der Waals surface area contributed by atoms with Gasteiger partial charge in [0.2, 0.25) is 0 Å². The predicted molar refractivity (Wildman–Crippen MR) is 96.6 cm³/mol. The standard InChI is InChI=1S/C17H19NO3S2/c1-11-8-13-9-12(4-5-14(13)21-11)10-15-16(19)18(17(22)23-15)6-3-7-20-2/h4-5,9-11H,3,6-8H2,1-2H3/b15-10+/t11-/m1/s1. The third-order valence-electron chi connectivity index (χ3n) is 3.82. The summed E-state index contributed by atoms with van der Waals surface area (Å²) in [5, 5.41) is 0. The van der Waals surface area contributed by atoms with Gasteiger partial charge in [0.1, 0.15) is 16.2 Å². The molecule has 122 valence electrons. The molecule has 1 atom stereocenters. The Morgan fingerprint density at radius 1 is 1.52 bits per heavy atom. The van der Waals surface area contributed by atoms with Crippen molar-refractivity contribution in [3.05, 3.63) is 34.2 Å². The number of carbonyl (C=O) groups excluding carboxylic acids is 1. The van der Waals surface area contributed by atoms with Crippen molar-refractivity contribution in [1.29, 1.82) is 0 Å². The zero-order valence-corrected chi connectivity index (χ0v) is 14.8. The van der Waals surface area contributed by atoms with Crippen molar-refractivity contribution in [2.75, 3.05) is 20.3 Å². The van der Waals surface area contributed by atoms with E-state index in [1.807, 2.05) is 18.2 Å². The molecule has 23 heavy (non-hydrogen) atoms. The molecule has 0 spiro atoms. The van der Waals surface area contributed by atoms with E-state index >= 15 is 0 Å². The van der Waals surface area contributed by atoms with Gasteiger partial charge in [0.25, 0.3) is 5.91 Å². The van der Waals surface area contributed by atoms with Crippen LogP contribution in [0.15, 0.2) is 23.1 Å². The smallest absolute Gasteiger partial charge is 0.266 e. The molecule has 0 unspecified atom stereocenters. The van der Waals surface area contributed by atoms with Gasteiger partial charge in [-0.15, -0.1) is 0 Å². The summed E-state index contributed by atoms with van der Waals surface area (Å²) in [5.74, 6) is 0.933. The van der Waals surface area contributed by atoms with Crippen LogP contribution >= 0.6 is 24.0 Å². The molecule has 1 amide bonds. The lowest BCUT2D eigenvalue weighted by atomic mass is 10.1. The van der Waals surface area contributed by atoms with E-state index in [0.717, 1.165) is 24.2 Å². The predicted octanol–water partition coefficient (Wildman–Crippen LogP) is 3.25. The molecule has 1 aromatic rings. The fourth-order valence-electron chi connectivity index (χ4n) is 2.74. The Morgan fingerprint density at radius 3 is 3.13 bits per heavy atom. The Hall–Kier alpha value is -1.37. The second-order valence-corrected chi connectivity index (χ2v) is 7.36. The van der Waals surface area contributed by atoms with Crippen molar-refractivity contribution in [3.8, 4) is 5.75 Å². The fraction of sp³-hybridized carbons (Fsp3) is 0.412. The van der Waals surface area contributed by atoms with Crippen LogP contribution in [0.2, 0.25) is 0 Å². The van der Waals surface area contributed by atoms with Crippen LogP contribution in [0, 0.1) is 0 Å². The van der Waals surface area contributed by atoms with Gasteiger partial charge in [0.15, 0.2) is 0 Å². The quantitative estimate of drug-likeness (QED) is 0.463. The van der Waals surface area contributed by atoms with Gasteiger partial charge in [-0.05, 0) is 42.7 Å². The first-order valence-electron chi connectivity index (χ1n) is 7.62. The summed E-state index contributed by atoms with van der Waals surface area (Å²) >= 11 is 6.69. The molecule has 0 N–H and O–H groups in total. The Labute approximate surface area is 145 Å². The van der Waals surface area contributed by atoms with Crippen LogP contribution in [0.1, 0.15) is 24.5 Å². The van der Waals surface area contributed by atoms with E-state index in [9.17, 15) is 4.79 Å². The van der Waals surface area contributed by atoms with Crippen LogP contribution in [-0.2, 0) is 16.0 Å². The second-order valence-electron chi connectivity index (χ2n) is 5.68. The summed E-state index contributed by atoms with van der Waals surface area (Å²) in [5.41, 5.74) is 2.21. The van der Waals surface area contributed by atoms with Gasteiger partial charge in [-0.2, -0.15) is 0 Å². The lowest BCUT2D eigenvalue weighted by Gasteiger charge is -2.13. The first-order valence-corrected chi connectivity index (χ1v) is 8.85. The molecule has 0 saturated carbocycles. The third kappa shape index (κ3) is 3.59. The van der Waals surface area contributed by atoms with E-state index < -0.39 is 0 Å². The van der Waals surface area contributed by atoms with Gasteiger partial charge < -0.3 is 9.47 Å². The summed E-state index contributed by atoms with van der Waals surface area (Å²) in [7, 11) is 1.66. The molecule has 3 rings (SSSR count). The van der Waals surface area contributed by atoms with Crippen molar-refractivity contribution >= 4 is 40.3 Å². The van der Waals surface area contributed by atoms with E-state index in [2.05, 4.69) is 13.0 Å². The zero-order chi connectivity index (χ0) is 16.4. The van der Waals surface area contributed by atoms with Gasteiger partial charge in [-0.3, -0.25) is 9.69 Å². The first-order chi connectivity index (χ1) is 11.1. The molecule has 2 aliphatic heterocycles. The highest BCUT2D eigenvalue weighted by Crippen LogP contribution is 2.34. The molecule has 6 heteroatoms. The largest absolute Gasteiger partial charge is 0.490 e. The maximum absolute atomic E-state index is 12.5. The molecule has 1 saturated heterocycles. The number of hydrogen-bond acceptors (Lipinski definition) is 5. The van der Waals surface area contributed by atoms with E-state index in [-0.39, 0.29) is 12.0 Å². The number of thiocarbonyl (C=S) groups is 1. The summed E-state index contributed by atoms with van der Waals surface area (Å²) in [4.78, 5) is 14.8. The van der Waals surface area contributed by atoms with Gasteiger partial charge in [0.05, 0.1) is 4.91 Å². The van der Waals surface area contributed by atoms with Crippen molar-refractivity contribution in [3.63, 3.8) is 0 Å². The first kappa shape index (κ1) is 16.5. The van der Waals surface area contributed by atoms with Crippen LogP contribution in [0.25, 0.3) is 6.08 Å². The van der Waals surface area contributed by atoms with Crippen LogP contribution in [0.4, 0.5) is 0 Å². The zero-order valence-electron chi connectivity index (χ0n) is 13.2. The lowest BCUT2D eigenvalue weighted by molar-refractivity contribution is -0.122. The third-order valence-corrected chi connectivity index (χ3v) is 5.20. The molecule has 1 aromatic carbocycles. The molecular weight excluding hydrogens is 330 g/mol. The molecule has 4 nitrogen and oxygen atoms in total. The van der Waals surface area contributed by atoms with E-state index in [4.69, 9.17) is 21.7 Å². The van der Waals surface area contributed by atoms with Crippen LogP contribution in [-0.4, -0.2) is 41.5 Å². The Kier molecular flexibility index (Phi) is 5.04. The fourth-order valence-corrected chi connectivity index (χ4v) is 4.05. The number of thioether (sulfide) groups is 1. The molecule has 2 heterocycles. The van der Waals surface area contributed by atoms with Crippen molar-refractivity contribution in [2.24, 2.45) is 0 Å². The number of fused-ring (bicyclic) bond motifs is 1. The van der Waals surface area contributed by atoms with Crippen LogP contribution < -0.4 is 4.74 Å². The van der Waals surface area contributed by atoms with Gasteiger partial charge in [-0.1, -0.05) is 30.0 Å². The monoisotopic (exact) mass is 349 g/mol. The van der Waals surface area contributed by atoms with Crippen LogP contribution in [0.5, 0.6) is 5.75 Å². The Balaban J connectivity index is 1.74. The molecule has 0 aromatic heterocycles. The molecular formula is C17H19NO3S2. The minimum Gasteiger partial charge on any atom is -0.490 e. The maximum Gasteiger partial charge on any atom is 0.266 e. The van der Waals surface area contributed by atoms with Crippen molar-refractivity contribution < 1.29 is 14.3 Å². The number of amides is 1. The topological polar surface area (TPSA) is 38.8 Å². The molecule has 2 aliphatic rings. The van der Waals surface area contributed by atoms with E-state index in [1.165, 1.54) is 17.3 Å². The normalized spacial score (nSPS) is 21.9. The van der Waals surface area contributed by atoms with Crippen LogP contribution in [0.3, 0.4) is 0 Å². The average molecular weight is 349 g/mol. The summed E-state index contributed by atoms with van der Waals surface area (Å²) in [6, 6.07) is 6.05. The van der Waals surface area contributed by atoms with E-state index in [1.54, 1.807) is 12.0 Å². The SMILES string of the molecule is COCCCN1C(=O)/C(=C\c2ccc3c(c2)C[C@@H](C)O3)SC1=S. The van der Waals surface area contributed by atoms with Gasteiger partial charge in [-0.25, -0.2) is 0 Å². The lowest BCUT2D eigenvalue weighted by Crippen LogP contribution is -2.29. The summed E-state index contributed by atoms with van der Waals surface area (Å²) < 4.78 is 11.4. The number of benzene rings is 1. The average Bonchev–Trinajstić information content (AvgIpc) is 3.00.